The summed E-state index contributed by atoms with van der Waals surface area (Å²) in [6.07, 6.45) is 4.04. The van der Waals surface area contributed by atoms with Crippen LogP contribution in [0.2, 0.25) is 5.02 Å². The quantitative estimate of drug-likeness (QED) is 0.694. The summed E-state index contributed by atoms with van der Waals surface area (Å²) in [6.45, 7) is 5.85. The molecule has 0 unspecified atom stereocenters. The number of aryl methyl sites for hydroxylation is 1. The van der Waals surface area contributed by atoms with Crippen LogP contribution in [-0.2, 0) is 0 Å². The Morgan fingerprint density at radius 3 is 2.48 bits per heavy atom. The molecule has 0 aliphatic carbocycles. The highest BCUT2D eigenvalue weighted by Crippen LogP contribution is 2.21. The number of anilines is 1. The molecular weight excluding hydrogens is 360 g/mol. The molecule has 0 amide bonds. The van der Waals surface area contributed by atoms with Crippen molar-refractivity contribution in [1.29, 1.82) is 0 Å². The Bertz CT molecular complexity index is 926. The van der Waals surface area contributed by atoms with Gasteiger partial charge in [0.25, 0.3) is 0 Å². The summed E-state index contributed by atoms with van der Waals surface area (Å²) < 4.78 is 1.75. The van der Waals surface area contributed by atoms with Gasteiger partial charge in [-0.3, -0.25) is 0 Å². The summed E-state index contributed by atoms with van der Waals surface area (Å²) in [5, 5.41) is 12.8. The lowest BCUT2D eigenvalue weighted by Crippen LogP contribution is -2.44. The number of benzene rings is 2. The zero-order valence-corrected chi connectivity index (χ0v) is 15.9. The number of hydrogen-bond donors (Lipinski definition) is 0. The highest BCUT2D eigenvalue weighted by molar-refractivity contribution is 6.30. The van der Waals surface area contributed by atoms with Crippen LogP contribution in [0, 0.1) is 6.92 Å². The maximum atomic E-state index is 6.10. The molecule has 1 fully saturated rings. The monoisotopic (exact) mass is 380 g/mol. The minimum atomic E-state index is 0.719. The van der Waals surface area contributed by atoms with Crippen LogP contribution in [0.15, 0.2) is 54.7 Å². The normalized spacial score (nSPS) is 14.9. The van der Waals surface area contributed by atoms with Gasteiger partial charge in [0, 0.05) is 49.2 Å². The van der Waals surface area contributed by atoms with Crippen molar-refractivity contribution in [1.82, 2.24) is 25.1 Å². The molecule has 27 heavy (non-hydrogen) atoms. The summed E-state index contributed by atoms with van der Waals surface area (Å²) in [5.41, 5.74) is 3.34. The summed E-state index contributed by atoms with van der Waals surface area (Å²) in [7, 11) is 0. The second kappa shape index (κ2) is 7.80. The number of piperazine rings is 1. The Balaban J connectivity index is 1.40. The van der Waals surface area contributed by atoms with Crippen molar-refractivity contribution in [2.45, 2.75) is 6.92 Å². The molecule has 1 saturated heterocycles. The maximum Gasteiger partial charge on any atom is 0.181 e. The first-order valence-corrected chi connectivity index (χ1v) is 9.35. The van der Waals surface area contributed by atoms with Gasteiger partial charge in [0.2, 0.25) is 0 Å². The number of hydrogen-bond acceptors (Lipinski definition) is 5. The SMILES string of the molecule is Cc1ccc(-n2nnnc2/C=C/N2CCN(c3cccc(Cl)c3)CC2)cc1. The van der Waals surface area contributed by atoms with Crippen molar-refractivity contribution in [3.05, 3.63) is 71.1 Å². The van der Waals surface area contributed by atoms with E-state index in [1.165, 1.54) is 11.3 Å². The number of tetrazole rings is 1. The molecular formula is C20H21ClN6. The zero-order valence-electron chi connectivity index (χ0n) is 15.2. The molecule has 7 heteroatoms. The van der Waals surface area contributed by atoms with Crippen LogP contribution in [0.1, 0.15) is 11.4 Å². The fourth-order valence-corrected chi connectivity index (χ4v) is 3.33. The highest BCUT2D eigenvalue weighted by atomic mass is 35.5. The van der Waals surface area contributed by atoms with Crippen LogP contribution in [0.3, 0.4) is 0 Å². The van der Waals surface area contributed by atoms with Gasteiger partial charge in [-0.15, -0.1) is 5.10 Å². The summed E-state index contributed by atoms with van der Waals surface area (Å²) >= 11 is 6.10. The average Bonchev–Trinajstić information content (AvgIpc) is 3.16. The van der Waals surface area contributed by atoms with Crippen molar-refractivity contribution in [3.8, 4) is 5.69 Å². The van der Waals surface area contributed by atoms with E-state index in [-0.39, 0.29) is 0 Å². The van der Waals surface area contributed by atoms with E-state index < -0.39 is 0 Å². The molecule has 1 aromatic heterocycles. The molecule has 2 aromatic carbocycles. The Kier molecular flexibility index (Phi) is 5.07. The molecule has 1 aliphatic rings. The minimum absolute atomic E-state index is 0.719. The summed E-state index contributed by atoms with van der Waals surface area (Å²) in [5.74, 6) is 0.719. The molecule has 0 atom stereocenters. The Morgan fingerprint density at radius 2 is 1.74 bits per heavy atom. The first-order chi connectivity index (χ1) is 13.2. The molecule has 138 valence electrons. The number of halogens is 1. The molecule has 0 radical (unpaired) electrons. The molecule has 3 aromatic rings. The van der Waals surface area contributed by atoms with E-state index in [2.05, 4.69) is 56.6 Å². The van der Waals surface area contributed by atoms with E-state index in [1.54, 1.807) is 4.68 Å². The lowest BCUT2D eigenvalue weighted by atomic mass is 10.2. The number of nitrogens with zero attached hydrogens (tertiary/aromatic N) is 6. The molecule has 0 N–H and O–H groups in total. The van der Waals surface area contributed by atoms with Gasteiger partial charge >= 0.3 is 0 Å². The van der Waals surface area contributed by atoms with Crippen LogP contribution in [0.25, 0.3) is 11.8 Å². The molecule has 4 rings (SSSR count). The third kappa shape index (κ3) is 4.11. The van der Waals surface area contributed by atoms with Crippen LogP contribution in [0.5, 0.6) is 0 Å². The van der Waals surface area contributed by atoms with Gasteiger partial charge in [0.1, 0.15) is 0 Å². The topological polar surface area (TPSA) is 50.1 Å². The second-order valence-electron chi connectivity index (χ2n) is 6.60. The summed E-state index contributed by atoms with van der Waals surface area (Å²) in [4.78, 5) is 4.64. The largest absolute Gasteiger partial charge is 0.374 e. The minimum Gasteiger partial charge on any atom is -0.374 e. The third-order valence-corrected chi connectivity index (χ3v) is 4.93. The Morgan fingerprint density at radius 1 is 0.963 bits per heavy atom. The van der Waals surface area contributed by atoms with Crippen LogP contribution < -0.4 is 4.90 Å². The van der Waals surface area contributed by atoms with E-state index in [4.69, 9.17) is 11.6 Å². The predicted molar refractivity (Wildman–Crippen MR) is 108 cm³/mol. The average molecular weight is 381 g/mol. The van der Waals surface area contributed by atoms with Crippen LogP contribution in [-0.4, -0.2) is 51.3 Å². The van der Waals surface area contributed by atoms with Crippen LogP contribution >= 0.6 is 11.6 Å². The lowest BCUT2D eigenvalue weighted by Gasteiger charge is -2.35. The van der Waals surface area contributed by atoms with E-state index in [9.17, 15) is 0 Å². The summed E-state index contributed by atoms with van der Waals surface area (Å²) in [6, 6.07) is 16.2. The Hall–Kier alpha value is -2.86. The van der Waals surface area contributed by atoms with Crippen molar-refractivity contribution in [3.63, 3.8) is 0 Å². The van der Waals surface area contributed by atoms with Crippen molar-refractivity contribution < 1.29 is 0 Å². The van der Waals surface area contributed by atoms with Gasteiger partial charge in [-0.05, 0) is 47.7 Å². The third-order valence-electron chi connectivity index (χ3n) is 4.69. The number of rotatable bonds is 4. The van der Waals surface area contributed by atoms with Crippen LogP contribution in [0.4, 0.5) is 5.69 Å². The molecule has 1 aliphatic heterocycles. The zero-order chi connectivity index (χ0) is 18.6. The van der Waals surface area contributed by atoms with Crippen molar-refractivity contribution in [2.24, 2.45) is 0 Å². The number of aromatic nitrogens is 4. The van der Waals surface area contributed by atoms with Gasteiger partial charge in [-0.25, -0.2) is 0 Å². The van der Waals surface area contributed by atoms with Gasteiger partial charge in [0.05, 0.1) is 5.69 Å². The van der Waals surface area contributed by atoms with Crippen molar-refractivity contribution >= 4 is 23.4 Å². The fraction of sp³-hybridized carbons (Fsp3) is 0.250. The molecule has 0 saturated carbocycles. The first kappa shape index (κ1) is 17.5. The maximum absolute atomic E-state index is 6.10. The second-order valence-corrected chi connectivity index (χ2v) is 7.04. The van der Waals surface area contributed by atoms with Gasteiger partial charge < -0.3 is 9.80 Å². The molecule has 2 heterocycles. The van der Waals surface area contributed by atoms with E-state index in [1.807, 2.05) is 36.4 Å². The molecule has 6 nitrogen and oxygen atoms in total. The standard InChI is InChI=1S/C20H21ClN6/c1-16-5-7-18(8-6-16)27-20(22-23-24-27)9-10-25-11-13-26(14-12-25)19-4-2-3-17(21)15-19/h2-10,15H,11-14H2,1H3/b10-9+. The van der Waals surface area contributed by atoms with E-state index in [0.717, 1.165) is 42.7 Å². The molecule has 0 spiro atoms. The van der Waals surface area contributed by atoms with E-state index in [0.29, 0.717) is 0 Å². The highest BCUT2D eigenvalue weighted by Gasteiger charge is 2.15. The van der Waals surface area contributed by atoms with Crippen molar-refractivity contribution in [2.75, 3.05) is 31.1 Å². The van der Waals surface area contributed by atoms with Gasteiger partial charge in [-0.1, -0.05) is 35.4 Å². The predicted octanol–water partition coefficient (Wildman–Crippen LogP) is 3.42. The van der Waals surface area contributed by atoms with Gasteiger partial charge in [-0.2, -0.15) is 4.68 Å². The first-order valence-electron chi connectivity index (χ1n) is 8.97. The smallest absolute Gasteiger partial charge is 0.181 e. The van der Waals surface area contributed by atoms with Gasteiger partial charge in [0.15, 0.2) is 5.82 Å². The fourth-order valence-electron chi connectivity index (χ4n) is 3.14. The molecule has 0 bridgehead atoms. The Labute approximate surface area is 163 Å². The van der Waals surface area contributed by atoms with E-state index >= 15 is 0 Å². The lowest BCUT2D eigenvalue weighted by molar-refractivity contribution is 0.351.